The number of nitrogens with zero attached hydrogens (tertiary/aromatic N) is 4. The van der Waals surface area contributed by atoms with Crippen LogP contribution in [0.15, 0.2) is 59.5 Å². The first-order valence-corrected chi connectivity index (χ1v) is 16.2. The van der Waals surface area contributed by atoms with E-state index in [1.165, 1.54) is 5.01 Å². The molecule has 224 valence electrons. The molecule has 1 N–H and O–H groups in total. The number of hydrazine groups is 1. The fourth-order valence-electron chi connectivity index (χ4n) is 5.98. The minimum Gasteiger partial charge on any atom is -0.464 e. The molecule has 2 aromatic rings. The number of sulfone groups is 1. The molecule has 2 aliphatic heterocycles. The second kappa shape index (κ2) is 13.8. The largest absolute Gasteiger partial charge is 0.464 e. The zero-order chi connectivity index (χ0) is 29.6. The number of halogens is 1. The smallest absolute Gasteiger partial charge is 0.422 e. The molecular weight excluding hydrogens is 547 g/mol. The zero-order valence-electron chi connectivity index (χ0n) is 23.9. The molecule has 0 aromatic heterocycles. The van der Waals surface area contributed by atoms with Crippen molar-refractivity contribution in [2.45, 2.75) is 62.2 Å². The quantitative estimate of drug-likeness (QED) is 0.423. The molecule has 41 heavy (non-hydrogen) atoms. The number of likely N-dealkylation sites (N-methyl/N-ethyl adjacent to an activating group) is 1. The highest BCUT2D eigenvalue weighted by molar-refractivity contribution is 7.90. The molecule has 0 unspecified atom stereocenters. The van der Waals surface area contributed by atoms with Gasteiger partial charge >= 0.3 is 6.09 Å². The van der Waals surface area contributed by atoms with E-state index in [0.717, 1.165) is 43.3 Å². The lowest BCUT2D eigenvalue weighted by Gasteiger charge is -2.40. The van der Waals surface area contributed by atoms with Gasteiger partial charge in [-0.05, 0) is 55.9 Å². The van der Waals surface area contributed by atoms with Gasteiger partial charge < -0.3 is 14.9 Å². The first-order valence-electron chi connectivity index (χ1n) is 14.3. The summed E-state index contributed by atoms with van der Waals surface area (Å²) in [4.78, 5) is 30.0. The molecule has 2 atom stereocenters. The molecule has 0 spiro atoms. The molecule has 0 saturated carbocycles. The Balaban J connectivity index is 1.35. The Kier molecular flexibility index (Phi) is 10.4. The average molecular weight is 589 g/mol. The lowest BCUT2D eigenvalue weighted by molar-refractivity contribution is -0.133. The molecule has 0 bridgehead atoms. The molecule has 2 heterocycles. The number of carbonyl (C=O) groups is 2. The Labute approximate surface area is 242 Å². The van der Waals surface area contributed by atoms with Gasteiger partial charge in [-0.1, -0.05) is 42.5 Å². The SMILES string of the molecule is CCN(C(=O)Cc1ccc(S(C)(=O)=O)cc1)C1CCN(CC[C@@H](c2ccccc2)N(C(=O)O)N2CC[C@H](F)C2)CC1. The first kappa shape index (κ1) is 30.9. The van der Waals surface area contributed by atoms with Crippen LogP contribution in [-0.2, 0) is 21.1 Å². The first-order chi connectivity index (χ1) is 19.6. The number of likely N-dealkylation sites (tertiary alicyclic amines) is 1. The van der Waals surface area contributed by atoms with Crippen LogP contribution in [0.3, 0.4) is 0 Å². The summed E-state index contributed by atoms with van der Waals surface area (Å²) < 4.78 is 37.4. The monoisotopic (exact) mass is 588 g/mol. The van der Waals surface area contributed by atoms with Crippen molar-refractivity contribution in [1.82, 2.24) is 19.8 Å². The van der Waals surface area contributed by atoms with Gasteiger partial charge in [0.2, 0.25) is 5.91 Å². The van der Waals surface area contributed by atoms with Crippen LogP contribution >= 0.6 is 0 Å². The molecule has 9 nitrogen and oxygen atoms in total. The van der Waals surface area contributed by atoms with Gasteiger partial charge in [-0.3, -0.25) is 4.79 Å². The Morgan fingerprint density at radius 1 is 1.02 bits per heavy atom. The van der Waals surface area contributed by atoms with Gasteiger partial charge in [0.05, 0.1) is 17.4 Å². The summed E-state index contributed by atoms with van der Waals surface area (Å²) in [6.07, 6.45) is 1.83. The number of carboxylic acid groups (broad SMARTS) is 1. The number of hydrogen-bond donors (Lipinski definition) is 1. The predicted octanol–water partition coefficient (Wildman–Crippen LogP) is 4.02. The third-order valence-corrected chi connectivity index (χ3v) is 9.30. The van der Waals surface area contributed by atoms with Crippen molar-refractivity contribution in [2.24, 2.45) is 0 Å². The summed E-state index contributed by atoms with van der Waals surface area (Å²) in [7, 11) is -3.28. The highest BCUT2D eigenvalue weighted by Crippen LogP contribution is 2.30. The Hall–Kier alpha value is -3.02. The van der Waals surface area contributed by atoms with E-state index in [0.29, 0.717) is 32.5 Å². The van der Waals surface area contributed by atoms with Crippen molar-refractivity contribution < 1.29 is 27.5 Å². The Morgan fingerprint density at radius 3 is 2.22 bits per heavy atom. The average Bonchev–Trinajstić information content (AvgIpc) is 3.37. The minimum atomic E-state index is -3.28. The molecular formula is C30H41FN4O5S. The van der Waals surface area contributed by atoms with Gasteiger partial charge in [0.1, 0.15) is 6.17 Å². The van der Waals surface area contributed by atoms with Gasteiger partial charge in [-0.25, -0.2) is 27.6 Å². The van der Waals surface area contributed by atoms with Gasteiger partial charge in [0, 0.05) is 51.6 Å². The molecule has 4 rings (SSSR count). The number of alkyl halides is 1. The number of benzene rings is 2. The van der Waals surface area contributed by atoms with Crippen molar-refractivity contribution in [3.05, 3.63) is 65.7 Å². The summed E-state index contributed by atoms with van der Waals surface area (Å²) in [6.45, 7) is 5.32. The Bertz CT molecular complexity index is 1270. The van der Waals surface area contributed by atoms with Gasteiger partial charge in [-0.2, -0.15) is 0 Å². The number of amides is 2. The van der Waals surface area contributed by atoms with Crippen molar-refractivity contribution in [3.8, 4) is 0 Å². The van der Waals surface area contributed by atoms with Gasteiger partial charge in [0.15, 0.2) is 9.84 Å². The second-order valence-electron chi connectivity index (χ2n) is 11.0. The maximum absolute atomic E-state index is 14.0. The molecule has 2 fully saturated rings. The minimum absolute atomic E-state index is 0.0241. The maximum atomic E-state index is 14.0. The number of piperidine rings is 1. The van der Waals surface area contributed by atoms with Gasteiger partial charge in [0.25, 0.3) is 0 Å². The molecule has 2 aromatic carbocycles. The number of rotatable bonds is 11. The van der Waals surface area contributed by atoms with Crippen molar-refractivity contribution in [1.29, 1.82) is 0 Å². The van der Waals surface area contributed by atoms with Crippen LogP contribution in [-0.4, -0.2) is 103 Å². The van der Waals surface area contributed by atoms with Crippen LogP contribution in [0, 0.1) is 0 Å². The zero-order valence-corrected chi connectivity index (χ0v) is 24.7. The summed E-state index contributed by atoms with van der Waals surface area (Å²) in [5, 5.41) is 13.0. The van der Waals surface area contributed by atoms with E-state index in [-0.39, 0.29) is 29.8 Å². The van der Waals surface area contributed by atoms with Crippen molar-refractivity contribution >= 4 is 21.8 Å². The van der Waals surface area contributed by atoms with E-state index in [9.17, 15) is 27.5 Å². The molecule has 11 heteroatoms. The van der Waals surface area contributed by atoms with Gasteiger partial charge in [-0.15, -0.1) is 0 Å². The number of hydrogen-bond acceptors (Lipinski definition) is 6. The third kappa shape index (κ3) is 8.05. The highest BCUT2D eigenvalue weighted by Gasteiger charge is 2.36. The third-order valence-electron chi connectivity index (χ3n) is 8.17. The summed E-state index contributed by atoms with van der Waals surface area (Å²) in [5.74, 6) is 0.0241. The fourth-order valence-corrected chi connectivity index (χ4v) is 6.61. The summed E-state index contributed by atoms with van der Waals surface area (Å²) >= 11 is 0. The predicted molar refractivity (Wildman–Crippen MR) is 155 cm³/mol. The maximum Gasteiger partial charge on any atom is 0.422 e. The lowest BCUT2D eigenvalue weighted by atomic mass is 9.99. The van der Waals surface area contributed by atoms with E-state index in [1.54, 1.807) is 29.3 Å². The van der Waals surface area contributed by atoms with Crippen LogP contribution < -0.4 is 0 Å². The van der Waals surface area contributed by atoms with E-state index < -0.39 is 28.1 Å². The van der Waals surface area contributed by atoms with E-state index in [2.05, 4.69) is 4.90 Å². The van der Waals surface area contributed by atoms with Crippen LogP contribution in [0.2, 0.25) is 0 Å². The second-order valence-corrected chi connectivity index (χ2v) is 13.0. The van der Waals surface area contributed by atoms with Crippen LogP contribution in [0.5, 0.6) is 0 Å². The summed E-state index contributed by atoms with van der Waals surface area (Å²) in [5.41, 5.74) is 1.67. The molecule has 2 aliphatic rings. The van der Waals surface area contributed by atoms with Crippen molar-refractivity contribution in [3.63, 3.8) is 0 Å². The molecule has 2 saturated heterocycles. The lowest BCUT2D eigenvalue weighted by Crippen LogP contribution is -2.49. The fraction of sp³-hybridized carbons (Fsp3) is 0.533. The van der Waals surface area contributed by atoms with E-state index in [4.69, 9.17) is 0 Å². The van der Waals surface area contributed by atoms with Crippen LogP contribution in [0.4, 0.5) is 9.18 Å². The molecule has 0 aliphatic carbocycles. The normalized spacial score (nSPS) is 19.6. The topological polar surface area (TPSA) is 101 Å². The highest BCUT2D eigenvalue weighted by atomic mass is 32.2. The standard InChI is InChI=1S/C30H41FN4O5S/c1-3-34(29(36)21-23-9-11-27(12-10-23)41(2,39)40)26-14-17-32(18-15-26)19-16-28(24-7-5-4-6-8-24)35(30(37)38)33-20-13-25(31)22-33/h4-12,25-26,28H,3,13-22H2,1-2H3,(H,37,38)/t25-,28-/m0/s1. The van der Waals surface area contributed by atoms with Crippen LogP contribution in [0.25, 0.3) is 0 Å². The molecule has 0 radical (unpaired) electrons. The van der Waals surface area contributed by atoms with Crippen LogP contribution in [0.1, 0.15) is 49.8 Å². The molecule has 2 amide bonds. The van der Waals surface area contributed by atoms with Crippen molar-refractivity contribution in [2.75, 3.05) is 45.5 Å². The summed E-state index contributed by atoms with van der Waals surface area (Å²) in [6, 6.07) is 15.7. The van der Waals surface area contributed by atoms with E-state index >= 15 is 0 Å². The number of carbonyl (C=O) groups excluding carboxylic acids is 1. The van der Waals surface area contributed by atoms with E-state index in [1.807, 2.05) is 42.2 Å². The Morgan fingerprint density at radius 2 is 1.68 bits per heavy atom.